The fourth-order valence-electron chi connectivity index (χ4n) is 2.80. The molecule has 0 aromatic rings. The molecule has 0 aromatic carbocycles. The first kappa shape index (κ1) is 15.9. The quantitative estimate of drug-likeness (QED) is 0.486. The average Bonchev–Trinajstić information content (AvgIpc) is 2.80. The summed E-state index contributed by atoms with van der Waals surface area (Å²) in [6.45, 7) is 11.0. The van der Waals surface area contributed by atoms with Crippen molar-refractivity contribution in [2.75, 3.05) is 6.61 Å². The van der Waals surface area contributed by atoms with E-state index in [0.717, 1.165) is 0 Å². The molecule has 20 heavy (non-hydrogen) atoms. The maximum Gasteiger partial charge on any atom is 0.246 e. The molecule has 0 aliphatic carbocycles. The number of nitrogens with zero attached hydrogens (tertiary/aromatic N) is 1. The molecule has 0 unspecified atom stereocenters. The van der Waals surface area contributed by atoms with Gasteiger partial charge in [0.25, 0.3) is 0 Å². The van der Waals surface area contributed by atoms with Crippen LogP contribution in [-0.2, 0) is 9.16 Å². The summed E-state index contributed by atoms with van der Waals surface area (Å²) in [4.78, 5) is 11.0. The van der Waals surface area contributed by atoms with Gasteiger partial charge in [-0.1, -0.05) is 20.8 Å². The standard InChI is InChI=1S/C13H25NO5Si/c1-13(2,3)20(4,5)18-7-8-11(14(16)17)10-6-9(15)12(8)19-10/h8-12,15H,6-7H2,1-5H3/t8-,9-,10-,11-,12-/m1/s1. The van der Waals surface area contributed by atoms with Crippen molar-refractivity contribution in [2.24, 2.45) is 5.92 Å². The topological polar surface area (TPSA) is 81.8 Å². The molecule has 0 spiro atoms. The van der Waals surface area contributed by atoms with Crippen LogP contribution in [0.3, 0.4) is 0 Å². The lowest BCUT2D eigenvalue weighted by Crippen LogP contribution is -2.49. The molecule has 0 radical (unpaired) electrons. The van der Waals surface area contributed by atoms with Gasteiger partial charge < -0.3 is 14.3 Å². The monoisotopic (exact) mass is 303 g/mol. The Morgan fingerprint density at radius 2 is 2.05 bits per heavy atom. The smallest absolute Gasteiger partial charge is 0.246 e. The second-order valence-corrected chi connectivity index (χ2v) is 12.3. The first-order chi connectivity index (χ1) is 9.04. The van der Waals surface area contributed by atoms with Crippen LogP contribution in [0.5, 0.6) is 0 Å². The molecule has 2 bridgehead atoms. The summed E-state index contributed by atoms with van der Waals surface area (Å²) in [5.41, 5.74) is 0. The Kier molecular flexibility index (Phi) is 4.01. The van der Waals surface area contributed by atoms with Crippen molar-refractivity contribution in [1.29, 1.82) is 0 Å². The molecule has 5 atom stereocenters. The van der Waals surface area contributed by atoms with E-state index in [1.807, 2.05) is 0 Å². The van der Waals surface area contributed by atoms with Crippen molar-refractivity contribution in [3.63, 3.8) is 0 Å². The van der Waals surface area contributed by atoms with Crippen molar-refractivity contribution < 1.29 is 19.2 Å². The van der Waals surface area contributed by atoms with Crippen LogP contribution in [0, 0.1) is 16.0 Å². The van der Waals surface area contributed by atoms with Gasteiger partial charge in [0.1, 0.15) is 6.10 Å². The van der Waals surface area contributed by atoms with E-state index < -0.39 is 32.7 Å². The molecule has 2 saturated heterocycles. The molecule has 1 N–H and O–H groups in total. The summed E-state index contributed by atoms with van der Waals surface area (Å²) in [6.07, 6.45) is -1.13. The minimum absolute atomic E-state index is 0.0637. The molecule has 2 heterocycles. The van der Waals surface area contributed by atoms with E-state index in [9.17, 15) is 15.2 Å². The number of rotatable bonds is 4. The Labute approximate surface area is 120 Å². The molecule has 6 nitrogen and oxygen atoms in total. The van der Waals surface area contributed by atoms with Crippen molar-refractivity contribution in [3.8, 4) is 0 Å². The van der Waals surface area contributed by atoms with E-state index in [1.54, 1.807) is 0 Å². The van der Waals surface area contributed by atoms with Crippen LogP contribution >= 0.6 is 0 Å². The van der Waals surface area contributed by atoms with Gasteiger partial charge in [0, 0.05) is 18.0 Å². The van der Waals surface area contributed by atoms with Crippen molar-refractivity contribution in [1.82, 2.24) is 0 Å². The number of hydrogen-bond donors (Lipinski definition) is 1. The molecule has 2 fully saturated rings. The van der Waals surface area contributed by atoms with Crippen LogP contribution in [0.4, 0.5) is 0 Å². The zero-order chi connectivity index (χ0) is 15.3. The van der Waals surface area contributed by atoms with Gasteiger partial charge in [-0.15, -0.1) is 0 Å². The lowest BCUT2D eigenvalue weighted by Gasteiger charge is -2.38. The first-order valence-corrected chi connectivity index (χ1v) is 10.1. The minimum atomic E-state index is -1.95. The normalized spacial score (nSPS) is 37.4. The predicted molar refractivity (Wildman–Crippen MR) is 76.7 cm³/mol. The third-order valence-electron chi connectivity index (χ3n) is 5.11. The first-order valence-electron chi connectivity index (χ1n) is 7.15. The van der Waals surface area contributed by atoms with Crippen LogP contribution in [0.15, 0.2) is 0 Å². The molecule has 2 aliphatic heterocycles. The molecule has 0 aromatic heterocycles. The number of ether oxygens (including phenoxy) is 1. The van der Waals surface area contributed by atoms with E-state index in [-0.39, 0.29) is 15.9 Å². The molecule has 116 valence electrons. The molecule has 0 amide bonds. The van der Waals surface area contributed by atoms with Gasteiger partial charge >= 0.3 is 0 Å². The van der Waals surface area contributed by atoms with E-state index >= 15 is 0 Å². The summed E-state index contributed by atoms with van der Waals surface area (Å²) < 4.78 is 11.7. The van der Waals surface area contributed by atoms with Crippen LogP contribution in [0.1, 0.15) is 27.2 Å². The SMILES string of the molecule is CC(C)(C)[Si](C)(C)OC[C@H]1[C@H]2O[C@H](C[C@H]2O)[C@@H]1[N+](=O)[O-]. The average molecular weight is 303 g/mol. The van der Waals surface area contributed by atoms with E-state index in [4.69, 9.17) is 9.16 Å². The third kappa shape index (κ3) is 2.64. The zero-order valence-electron chi connectivity index (χ0n) is 12.8. The maximum absolute atomic E-state index is 11.2. The molecular formula is C13H25NO5Si. The second kappa shape index (κ2) is 5.05. The lowest BCUT2D eigenvalue weighted by atomic mass is 9.84. The Morgan fingerprint density at radius 1 is 1.45 bits per heavy atom. The van der Waals surface area contributed by atoms with Gasteiger partial charge in [0.05, 0.1) is 18.1 Å². The van der Waals surface area contributed by atoms with Crippen LogP contribution in [0.25, 0.3) is 0 Å². The van der Waals surface area contributed by atoms with Gasteiger partial charge in [-0.3, -0.25) is 10.1 Å². The van der Waals surface area contributed by atoms with E-state index in [2.05, 4.69) is 33.9 Å². The highest BCUT2D eigenvalue weighted by molar-refractivity contribution is 6.74. The Morgan fingerprint density at radius 3 is 2.55 bits per heavy atom. The highest BCUT2D eigenvalue weighted by Crippen LogP contribution is 2.43. The molecule has 0 saturated carbocycles. The maximum atomic E-state index is 11.2. The van der Waals surface area contributed by atoms with Gasteiger partial charge in [0.2, 0.25) is 6.04 Å². The van der Waals surface area contributed by atoms with E-state index in [0.29, 0.717) is 13.0 Å². The minimum Gasteiger partial charge on any atom is -0.416 e. The van der Waals surface area contributed by atoms with Crippen LogP contribution in [0.2, 0.25) is 18.1 Å². The molecular weight excluding hydrogens is 278 g/mol. The van der Waals surface area contributed by atoms with Crippen LogP contribution in [-0.4, -0.2) is 49.3 Å². The fourth-order valence-corrected chi connectivity index (χ4v) is 3.85. The van der Waals surface area contributed by atoms with Gasteiger partial charge in [-0.05, 0) is 18.1 Å². The van der Waals surface area contributed by atoms with Gasteiger partial charge in [-0.25, -0.2) is 0 Å². The Balaban J connectivity index is 2.06. The summed E-state index contributed by atoms with van der Waals surface area (Å²) in [6, 6.07) is -0.742. The highest BCUT2D eigenvalue weighted by Gasteiger charge is 2.60. The van der Waals surface area contributed by atoms with Crippen molar-refractivity contribution >= 4 is 8.32 Å². The number of aliphatic hydroxyl groups is 1. The number of fused-ring (bicyclic) bond motifs is 2. The molecule has 2 rings (SSSR count). The molecule has 7 heteroatoms. The van der Waals surface area contributed by atoms with Gasteiger partial charge in [-0.2, -0.15) is 0 Å². The Hall–Kier alpha value is -0.503. The summed E-state index contributed by atoms with van der Waals surface area (Å²) in [5, 5.41) is 21.2. The number of hydrogen-bond acceptors (Lipinski definition) is 5. The third-order valence-corrected chi connectivity index (χ3v) is 9.61. The van der Waals surface area contributed by atoms with E-state index in [1.165, 1.54) is 0 Å². The number of aliphatic hydroxyl groups excluding tert-OH is 1. The summed E-state index contributed by atoms with van der Waals surface area (Å²) >= 11 is 0. The van der Waals surface area contributed by atoms with Crippen molar-refractivity contribution in [2.45, 2.75) is 69.7 Å². The predicted octanol–water partition coefficient (Wildman–Crippen LogP) is 1.80. The second-order valence-electron chi connectivity index (χ2n) is 7.45. The highest BCUT2D eigenvalue weighted by atomic mass is 28.4. The largest absolute Gasteiger partial charge is 0.416 e. The lowest BCUT2D eigenvalue weighted by molar-refractivity contribution is -0.536. The van der Waals surface area contributed by atoms with Crippen molar-refractivity contribution in [3.05, 3.63) is 10.1 Å². The summed E-state index contributed by atoms with van der Waals surface area (Å²) in [7, 11) is -1.95. The van der Waals surface area contributed by atoms with Gasteiger partial charge in [0.15, 0.2) is 8.32 Å². The summed E-state index contributed by atoms with van der Waals surface area (Å²) in [5.74, 6) is -0.340. The fraction of sp³-hybridized carbons (Fsp3) is 1.00. The Bertz CT molecular complexity index is 395. The van der Waals surface area contributed by atoms with Crippen LogP contribution < -0.4 is 0 Å². The number of nitro groups is 1. The molecule has 2 aliphatic rings. The zero-order valence-corrected chi connectivity index (χ0v) is 13.8.